The lowest BCUT2D eigenvalue weighted by Gasteiger charge is -2.36. The Morgan fingerprint density at radius 2 is 2.10 bits per heavy atom. The molecular formula is C17H27NO2. The Kier molecular flexibility index (Phi) is 5.58. The van der Waals surface area contributed by atoms with E-state index in [0.29, 0.717) is 5.92 Å². The van der Waals surface area contributed by atoms with Crippen molar-refractivity contribution < 1.29 is 9.84 Å². The highest BCUT2D eigenvalue weighted by Crippen LogP contribution is 2.29. The molecule has 2 atom stereocenters. The first kappa shape index (κ1) is 15.5. The summed E-state index contributed by atoms with van der Waals surface area (Å²) in [6, 6.07) is 10.3. The maximum atomic E-state index is 10.0. The van der Waals surface area contributed by atoms with E-state index in [4.69, 9.17) is 4.74 Å². The average Bonchev–Trinajstić information content (AvgIpc) is 2.97. The van der Waals surface area contributed by atoms with E-state index in [1.807, 2.05) is 18.2 Å². The maximum absolute atomic E-state index is 10.0. The van der Waals surface area contributed by atoms with Crippen molar-refractivity contribution in [2.45, 2.75) is 44.8 Å². The van der Waals surface area contributed by atoms with E-state index in [-0.39, 0.29) is 18.2 Å². The van der Waals surface area contributed by atoms with E-state index in [2.05, 4.69) is 31.3 Å². The van der Waals surface area contributed by atoms with E-state index in [9.17, 15) is 5.11 Å². The fourth-order valence-corrected chi connectivity index (χ4v) is 3.07. The number of benzene rings is 1. The number of hydrogen-bond acceptors (Lipinski definition) is 3. The molecule has 20 heavy (non-hydrogen) atoms. The summed E-state index contributed by atoms with van der Waals surface area (Å²) in [7, 11) is 0. The van der Waals surface area contributed by atoms with Crippen LogP contribution >= 0.6 is 0 Å². The molecule has 3 heteroatoms. The van der Waals surface area contributed by atoms with Crippen LogP contribution in [0.4, 0.5) is 0 Å². The van der Waals surface area contributed by atoms with Gasteiger partial charge in [-0.3, -0.25) is 0 Å². The number of hydrogen-bond donors (Lipinski definition) is 2. The minimum atomic E-state index is -0.360. The lowest BCUT2D eigenvalue weighted by Crippen LogP contribution is -2.49. The Morgan fingerprint density at radius 3 is 2.65 bits per heavy atom. The second-order valence-corrected chi connectivity index (χ2v) is 6.22. The van der Waals surface area contributed by atoms with Crippen molar-refractivity contribution in [3.63, 3.8) is 0 Å². The van der Waals surface area contributed by atoms with E-state index in [1.54, 1.807) is 0 Å². The average molecular weight is 277 g/mol. The largest absolute Gasteiger partial charge is 0.394 e. The van der Waals surface area contributed by atoms with Crippen LogP contribution in [0.25, 0.3) is 0 Å². The monoisotopic (exact) mass is 277 g/mol. The summed E-state index contributed by atoms with van der Waals surface area (Å²) in [5.41, 5.74) is 0.802. The van der Waals surface area contributed by atoms with Crippen LogP contribution in [-0.2, 0) is 10.3 Å². The van der Waals surface area contributed by atoms with E-state index in [0.717, 1.165) is 38.0 Å². The number of nitrogens with one attached hydrogen (secondary N) is 1. The molecule has 0 aliphatic carbocycles. The minimum absolute atomic E-state index is 0.113. The summed E-state index contributed by atoms with van der Waals surface area (Å²) in [4.78, 5) is 0. The van der Waals surface area contributed by atoms with E-state index >= 15 is 0 Å². The molecule has 1 fully saturated rings. The predicted molar refractivity (Wildman–Crippen MR) is 81.6 cm³/mol. The van der Waals surface area contributed by atoms with Gasteiger partial charge in [-0.1, -0.05) is 44.2 Å². The number of rotatable bonds is 7. The first-order valence-corrected chi connectivity index (χ1v) is 7.69. The van der Waals surface area contributed by atoms with Gasteiger partial charge in [-0.05, 0) is 30.7 Å². The molecule has 0 radical (unpaired) electrons. The van der Waals surface area contributed by atoms with Crippen molar-refractivity contribution in [3.8, 4) is 0 Å². The lowest BCUT2D eigenvalue weighted by atomic mass is 9.82. The van der Waals surface area contributed by atoms with Crippen molar-refractivity contribution in [1.29, 1.82) is 0 Å². The molecule has 1 aliphatic rings. The van der Waals surface area contributed by atoms with Gasteiger partial charge in [0.15, 0.2) is 0 Å². The zero-order valence-electron chi connectivity index (χ0n) is 12.6. The van der Waals surface area contributed by atoms with Crippen LogP contribution in [-0.4, -0.2) is 31.0 Å². The molecule has 1 heterocycles. The summed E-state index contributed by atoms with van der Waals surface area (Å²) < 4.78 is 5.69. The quantitative estimate of drug-likeness (QED) is 0.805. The Morgan fingerprint density at radius 1 is 1.35 bits per heavy atom. The molecule has 1 aromatic carbocycles. The zero-order valence-corrected chi connectivity index (χ0v) is 12.6. The summed E-state index contributed by atoms with van der Waals surface area (Å²) in [5.74, 6) is 0.513. The SMILES string of the molecule is CC(C)CC(CO)(NCC1CCCO1)c1ccccc1. The summed E-state index contributed by atoms with van der Waals surface area (Å²) >= 11 is 0. The van der Waals surface area contributed by atoms with Crippen LogP contribution < -0.4 is 5.32 Å². The Labute approximate surface area is 122 Å². The molecule has 112 valence electrons. The van der Waals surface area contributed by atoms with E-state index in [1.165, 1.54) is 0 Å². The molecule has 0 bridgehead atoms. The Balaban J connectivity index is 2.13. The van der Waals surface area contributed by atoms with Crippen LogP contribution in [0.1, 0.15) is 38.7 Å². The summed E-state index contributed by atoms with van der Waals surface area (Å²) in [6.07, 6.45) is 3.47. The van der Waals surface area contributed by atoms with Gasteiger partial charge in [0.25, 0.3) is 0 Å². The molecule has 0 amide bonds. The van der Waals surface area contributed by atoms with Crippen LogP contribution in [0.5, 0.6) is 0 Å². The van der Waals surface area contributed by atoms with Crippen molar-refractivity contribution in [2.75, 3.05) is 19.8 Å². The topological polar surface area (TPSA) is 41.5 Å². The van der Waals surface area contributed by atoms with Crippen molar-refractivity contribution in [2.24, 2.45) is 5.92 Å². The molecular weight excluding hydrogens is 250 g/mol. The molecule has 3 nitrogen and oxygen atoms in total. The number of ether oxygens (including phenoxy) is 1. The fraction of sp³-hybridized carbons (Fsp3) is 0.647. The van der Waals surface area contributed by atoms with Crippen LogP contribution in [0.2, 0.25) is 0 Å². The third kappa shape index (κ3) is 3.81. The number of aliphatic hydroxyl groups is 1. The second-order valence-electron chi connectivity index (χ2n) is 6.22. The van der Waals surface area contributed by atoms with Crippen LogP contribution in [0, 0.1) is 5.92 Å². The van der Waals surface area contributed by atoms with Gasteiger partial charge in [-0.2, -0.15) is 0 Å². The van der Waals surface area contributed by atoms with Gasteiger partial charge >= 0.3 is 0 Å². The summed E-state index contributed by atoms with van der Waals surface area (Å²) in [6.45, 7) is 6.18. The van der Waals surface area contributed by atoms with Gasteiger partial charge in [0.2, 0.25) is 0 Å². The molecule has 2 N–H and O–H groups in total. The van der Waals surface area contributed by atoms with Crippen molar-refractivity contribution in [3.05, 3.63) is 35.9 Å². The highest BCUT2D eigenvalue weighted by atomic mass is 16.5. The molecule has 2 unspecified atom stereocenters. The fourth-order valence-electron chi connectivity index (χ4n) is 3.07. The maximum Gasteiger partial charge on any atom is 0.0700 e. The first-order chi connectivity index (χ1) is 9.66. The van der Waals surface area contributed by atoms with Gasteiger partial charge in [0.1, 0.15) is 0 Å². The van der Waals surface area contributed by atoms with Gasteiger partial charge in [-0.25, -0.2) is 0 Å². The van der Waals surface area contributed by atoms with Gasteiger partial charge in [0, 0.05) is 13.2 Å². The van der Waals surface area contributed by atoms with Gasteiger partial charge in [0.05, 0.1) is 18.2 Å². The molecule has 0 aromatic heterocycles. The third-order valence-corrected chi connectivity index (χ3v) is 4.05. The molecule has 0 saturated carbocycles. The third-order valence-electron chi connectivity index (χ3n) is 4.05. The molecule has 0 spiro atoms. The normalized spacial score (nSPS) is 22.1. The standard InChI is InChI=1S/C17H27NO2/c1-14(2)11-17(13-19,15-7-4-3-5-8-15)18-12-16-9-6-10-20-16/h3-5,7-8,14,16,18-19H,6,9-13H2,1-2H3. The Bertz CT molecular complexity index is 387. The second kappa shape index (κ2) is 7.21. The van der Waals surface area contributed by atoms with Crippen molar-refractivity contribution >= 4 is 0 Å². The highest BCUT2D eigenvalue weighted by molar-refractivity contribution is 5.25. The van der Waals surface area contributed by atoms with Crippen molar-refractivity contribution in [1.82, 2.24) is 5.32 Å². The zero-order chi connectivity index (χ0) is 14.4. The minimum Gasteiger partial charge on any atom is -0.394 e. The summed E-state index contributed by atoms with van der Waals surface area (Å²) in [5, 5.41) is 13.6. The Hall–Kier alpha value is -0.900. The lowest BCUT2D eigenvalue weighted by molar-refractivity contribution is 0.0801. The molecule has 1 saturated heterocycles. The highest BCUT2D eigenvalue weighted by Gasteiger charge is 2.33. The first-order valence-electron chi connectivity index (χ1n) is 7.69. The number of aliphatic hydroxyl groups excluding tert-OH is 1. The van der Waals surface area contributed by atoms with Gasteiger partial charge in [-0.15, -0.1) is 0 Å². The molecule has 1 aromatic rings. The predicted octanol–water partition coefficient (Wildman–Crippen LogP) is 2.69. The molecule has 1 aliphatic heterocycles. The van der Waals surface area contributed by atoms with Crippen LogP contribution in [0.3, 0.4) is 0 Å². The smallest absolute Gasteiger partial charge is 0.0700 e. The van der Waals surface area contributed by atoms with Crippen LogP contribution in [0.15, 0.2) is 30.3 Å². The van der Waals surface area contributed by atoms with Gasteiger partial charge < -0.3 is 15.2 Å². The molecule has 2 rings (SSSR count). The van der Waals surface area contributed by atoms with E-state index < -0.39 is 0 Å².